The van der Waals surface area contributed by atoms with E-state index >= 15 is 0 Å². The number of nitro benzene ring substituents is 1. The molecule has 1 unspecified atom stereocenters. The maximum absolute atomic E-state index is 11.1. The van der Waals surface area contributed by atoms with E-state index in [4.69, 9.17) is 9.47 Å². The summed E-state index contributed by atoms with van der Waals surface area (Å²) in [5.74, 6) is 0.507. The first kappa shape index (κ1) is 15.1. The van der Waals surface area contributed by atoms with Crippen molar-refractivity contribution in [2.75, 3.05) is 13.7 Å². The standard InChI is InChI=1S/C14H17N3O4/c1-14(8-15,16-10-3-4-10)9-21-13-6-5-11(20-2)7-12(13)17(18)19/h5-7,10,16H,3-4,9H2,1-2H3. The van der Waals surface area contributed by atoms with Crippen LogP contribution in [-0.4, -0.2) is 30.2 Å². The lowest BCUT2D eigenvalue weighted by atomic mass is 10.1. The van der Waals surface area contributed by atoms with E-state index in [1.807, 2.05) is 0 Å². The van der Waals surface area contributed by atoms with Crippen molar-refractivity contribution < 1.29 is 14.4 Å². The molecular formula is C14H17N3O4. The Kier molecular flexibility index (Phi) is 4.29. The largest absolute Gasteiger partial charge is 0.496 e. The molecule has 0 heterocycles. The number of hydrogen-bond donors (Lipinski definition) is 1. The molecule has 0 aromatic heterocycles. The van der Waals surface area contributed by atoms with E-state index in [1.165, 1.54) is 19.2 Å². The summed E-state index contributed by atoms with van der Waals surface area (Å²) in [5.41, 5.74) is -1.05. The number of nitrogens with one attached hydrogen (secondary N) is 1. The van der Waals surface area contributed by atoms with Gasteiger partial charge in [0.05, 0.1) is 24.2 Å². The highest BCUT2D eigenvalue weighted by Crippen LogP contribution is 2.32. The molecule has 2 rings (SSSR count). The van der Waals surface area contributed by atoms with E-state index in [-0.39, 0.29) is 18.0 Å². The number of rotatable bonds is 7. The molecule has 112 valence electrons. The molecule has 1 aromatic carbocycles. The lowest BCUT2D eigenvalue weighted by molar-refractivity contribution is -0.386. The normalized spacial score (nSPS) is 16.6. The predicted octanol–water partition coefficient (Wildman–Crippen LogP) is 2.02. The van der Waals surface area contributed by atoms with Crippen molar-refractivity contribution >= 4 is 5.69 Å². The average Bonchev–Trinajstić information content (AvgIpc) is 3.28. The van der Waals surface area contributed by atoms with Crippen LogP contribution in [-0.2, 0) is 0 Å². The van der Waals surface area contributed by atoms with Gasteiger partial charge in [0, 0.05) is 6.04 Å². The molecule has 1 N–H and O–H groups in total. The number of benzene rings is 1. The Morgan fingerprint density at radius 1 is 1.57 bits per heavy atom. The highest BCUT2D eigenvalue weighted by Gasteiger charge is 2.33. The van der Waals surface area contributed by atoms with Crippen molar-refractivity contribution in [2.24, 2.45) is 0 Å². The number of methoxy groups -OCH3 is 1. The quantitative estimate of drug-likeness (QED) is 0.609. The van der Waals surface area contributed by atoms with Crippen molar-refractivity contribution in [2.45, 2.75) is 31.3 Å². The molecule has 7 nitrogen and oxygen atoms in total. The zero-order chi connectivity index (χ0) is 15.5. The van der Waals surface area contributed by atoms with E-state index in [0.29, 0.717) is 11.8 Å². The first-order valence-corrected chi connectivity index (χ1v) is 6.61. The van der Waals surface area contributed by atoms with Gasteiger partial charge in [0.1, 0.15) is 17.9 Å². The van der Waals surface area contributed by atoms with Gasteiger partial charge in [-0.2, -0.15) is 5.26 Å². The summed E-state index contributed by atoms with van der Waals surface area (Å²) < 4.78 is 10.5. The summed E-state index contributed by atoms with van der Waals surface area (Å²) in [5, 5.41) is 23.5. The zero-order valence-electron chi connectivity index (χ0n) is 12.0. The molecule has 0 bridgehead atoms. The lowest BCUT2D eigenvalue weighted by Gasteiger charge is -2.23. The van der Waals surface area contributed by atoms with E-state index in [1.54, 1.807) is 13.0 Å². The van der Waals surface area contributed by atoms with Crippen molar-refractivity contribution in [1.29, 1.82) is 5.26 Å². The van der Waals surface area contributed by atoms with Gasteiger partial charge in [0.2, 0.25) is 0 Å². The second kappa shape index (κ2) is 5.97. The molecule has 0 amide bonds. The van der Waals surface area contributed by atoms with Crippen molar-refractivity contribution in [3.05, 3.63) is 28.3 Å². The van der Waals surface area contributed by atoms with Crippen molar-refractivity contribution in [1.82, 2.24) is 5.32 Å². The highest BCUT2D eigenvalue weighted by molar-refractivity contribution is 5.51. The minimum atomic E-state index is -0.866. The number of nitro groups is 1. The van der Waals surface area contributed by atoms with Crippen LogP contribution in [0.25, 0.3) is 0 Å². The molecule has 0 radical (unpaired) electrons. The van der Waals surface area contributed by atoms with Crippen LogP contribution >= 0.6 is 0 Å². The molecule has 1 atom stereocenters. The predicted molar refractivity (Wildman–Crippen MR) is 75.3 cm³/mol. The molecule has 0 spiro atoms. The van der Waals surface area contributed by atoms with Crippen LogP contribution in [0.5, 0.6) is 11.5 Å². The summed E-state index contributed by atoms with van der Waals surface area (Å²) in [6.07, 6.45) is 2.08. The van der Waals surface area contributed by atoms with E-state index < -0.39 is 10.5 Å². The molecule has 1 fully saturated rings. The average molecular weight is 291 g/mol. The fraction of sp³-hybridized carbons (Fsp3) is 0.500. The molecular weight excluding hydrogens is 274 g/mol. The highest BCUT2D eigenvalue weighted by atomic mass is 16.6. The van der Waals surface area contributed by atoms with Gasteiger partial charge in [0.15, 0.2) is 5.75 Å². The second-order valence-electron chi connectivity index (χ2n) is 5.24. The first-order valence-electron chi connectivity index (χ1n) is 6.61. The van der Waals surface area contributed by atoms with Crippen LogP contribution in [0.4, 0.5) is 5.69 Å². The Labute approximate surface area is 122 Å². The molecule has 21 heavy (non-hydrogen) atoms. The molecule has 7 heteroatoms. The van der Waals surface area contributed by atoms with Gasteiger partial charge in [-0.05, 0) is 31.9 Å². The molecule has 1 aliphatic carbocycles. The monoisotopic (exact) mass is 291 g/mol. The van der Waals surface area contributed by atoms with Gasteiger partial charge in [-0.1, -0.05) is 0 Å². The topological polar surface area (TPSA) is 97.4 Å². The first-order chi connectivity index (χ1) is 9.97. The Morgan fingerprint density at radius 3 is 2.81 bits per heavy atom. The fourth-order valence-corrected chi connectivity index (χ4v) is 1.90. The third-order valence-electron chi connectivity index (χ3n) is 3.23. The summed E-state index contributed by atoms with van der Waals surface area (Å²) in [6.45, 7) is 1.76. The van der Waals surface area contributed by atoms with Crippen LogP contribution in [0.2, 0.25) is 0 Å². The van der Waals surface area contributed by atoms with Crippen LogP contribution in [0.1, 0.15) is 19.8 Å². The maximum atomic E-state index is 11.1. The lowest BCUT2D eigenvalue weighted by Crippen LogP contribution is -2.47. The molecule has 0 aliphatic heterocycles. The third kappa shape index (κ3) is 3.83. The number of nitrogens with zero attached hydrogens (tertiary/aromatic N) is 2. The summed E-state index contributed by atoms with van der Waals surface area (Å²) in [4.78, 5) is 10.5. The minimum absolute atomic E-state index is 0.0349. The molecule has 1 aromatic rings. The number of hydrogen-bond acceptors (Lipinski definition) is 6. The van der Waals surface area contributed by atoms with Crippen LogP contribution in [0.3, 0.4) is 0 Å². The SMILES string of the molecule is COc1ccc(OCC(C)(C#N)NC2CC2)c([N+](=O)[O-])c1. The summed E-state index contributed by atoms with van der Waals surface area (Å²) in [6, 6.07) is 6.86. The fourth-order valence-electron chi connectivity index (χ4n) is 1.90. The number of nitriles is 1. The van der Waals surface area contributed by atoms with Crippen LogP contribution < -0.4 is 14.8 Å². The Bertz CT molecular complexity index is 580. The van der Waals surface area contributed by atoms with Gasteiger partial charge >= 0.3 is 5.69 Å². The van der Waals surface area contributed by atoms with Gasteiger partial charge in [-0.15, -0.1) is 0 Å². The van der Waals surface area contributed by atoms with E-state index in [9.17, 15) is 15.4 Å². The van der Waals surface area contributed by atoms with Gasteiger partial charge in [0.25, 0.3) is 0 Å². The third-order valence-corrected chi connectivity index (χ3v) is 3.23. The van der Waals surface area contributed by atoms with E-state index in [0.717, 1.165) is 12.8 Å². The molecule has 0 saturated heterocycles. The summed E-state index contributed by atoms with van der Waals surface area (Å²) >= 11 is 0. The maximum Gasteiger partial charge on any atom is 0.314 e. The van der Waals surface area contributed by atoms with Gasteiger partial charge in [-0.3, -0.25) is 15.4 Å². The van der Waals surface area contributed by atoms with E-state index in [2.05, 4.69) is 11.4 Å². The molecule has 1 aliphatic rings. The Hall–Kier alpha value is -2.33. The second-order valence-corrected chi connectivity index (χ2v) is 5.24. The van der Waals surface area contributed by atoms with Crippen molar-refractivity contribution in [3.63, 3.8) is 0 Å². The zero-order valence-corrected chi connectivity index (χ0v) is 12.0. The van der Waals surface area contributed by atoms with Gasteiger partial charge < -0.3 is 9.47 Å². The van der Waals surface area contributed by atoms with Crippen LogP contribution in [0, 0.1) is 21.4 Å². The van der Waals surface area contributed by atoms with Gasteiger partial charge in [-0.25, -0.2) is 0 Å². The minimum Gasteiger partial charge on any atom is -0.496 e. The summed E-state index contributed by atoms with van der Waals surface area (Å²) in [7, 11) is 1.44. The van der Waals surface area contributed by atoms with Crippen LogP contribution in [0.15, 0.2) is 18.2 Å². The molecule has 1 saturated carbocycles. The smallest absolute Gasteiger partial charge is 0.314 e. The Morgan fingerprint density at radius 2 is 2.29 bits per heavy atom. The Balaban J connectivity index is 2.11. The van der Waals surface area contributed by atoms with Crippen molar-refractivity contribution in [3.8, 4) is 17.6 Å². The number of ether oxygens (including phenoxy) is 2.